The summed E-state index contributed by atoms with van der Waals surface area (Å²) in [4.78, 5) is 32.9. The Bertz CT molecular complexity index is 1290. The molecule has 40 heavy (non-hydrogen) atoms. The highest BCUT2D eigenvalue weighted by Crippen LogP contribution is 2.23. The van der Waals surface area contributed by atoms with Crippen LogP contribution in [0.3, 0.4) is 0 Å². The van der Waals surface area contributed by atoms with Crippen LogP contribution in [0.15, 0.2) is 84.9 Å². The molecule has 0 N–H and O–H groups in total. The van der Waals surface area contributed by atoms with Crippen LogP contribution >= 0.6 is 11.6 Å². The zero-order chi connectivity index (χ0) is 28.3. The molecule has 0 saturated carbocycles. The number of para-hydroxylation sites is 1. The summed E-state index contributed by atoms with van der Waals surface area (Å²) in [6.07, 6.45) is 4.75. The molecule has 0 spiro atoms. The first kappa shape index (κ1) is 29.4. The maximum atomic E-state index is 13.5. The van der Waals surface area contributed by atoms with Crippen LogP contribution in [0.4, 0.5) is 0 Å². The molecule has 4 rings (SSSR count). The van der Waals surface area contributed by atoms with Crippen LogP contribution in [-0.2, 0) is 4.79 Å². The third kappa shape index (κ3) is 7.52. The average molecular weight is 560 g/mol. The van der Waals surface area contributed by atoms with Gasteiger partial charge >= 0.3 is 0 Å². The molecule has 0 radical (unpaired) electrons. The van der Waals surface area contributed by atoms with Gasteiger partial charge in [-0.25, -0.2) is 0 Å². The minimum Gasteiger partial charge on any atom is -0.496 e. The van der Waals surface area contributed by atoms with Gasteiger partial charge in [-0.3, -0.25) is 14.5 Å². The van der Waals surface area contributed by atoms with Crippen LogP contribution < -0.4 is 4.74 Å². The number of benzene rings is 3. The van der Waals surface area contributed by atoms with E-state index in [2.05, 4.69) is 11.8 Å². The van der Waals surface area contributed by atoms with E-state index in [4.69, 9.17) is 16.3 Å². The standard InChI is InChI=1S/C33H38ClN3O3/c1-3-28(26-12-5-4-6-13-26)32(38)37-24-21-35(22-25-37)20-23-36(33(39)29-16-8-9-17-30(29)34)19-11-15-27-14-7-10-18-31(27)40-2/h4-18,28H,3,19-25H2,1-2H3. The molecule has 1 heterocycles. The van der Waals surface area contributed by atoms with Gasteiger partial charge in [-0.2, -0.15) is 0 Å². The van der Waals surface area contributed by atoms with Crippen molar-refractivity contribution in [1.29, 1.82) is 0 Å². The van der Waals surface area contributed by atoms with Gasteiger partial charge in [0.05, 0.1) is 23.6 Å². The molecule has 1 aliphatic heterocycles. The summed E-state index contributed by atoms with van der Waals surface area (Å²) in [5, 5.41) is 0.447. The largest absolute Gasteiger partial charge is 0.496 e. The highest BCUT2D eigenvalue weighted by molar-refractivity contribution is 6.33. The van der Waals surface area contributed by atoms with Crippen LogP contribution in [-0.4, -0.2) is 79.4 Å². The molecule has 1 aliphatic rings. The fourth-order valence-corrected chi connectivity index (χ4v) is 5.32. The molecule has 0 aromatic heterocycles. The Morgan fingerprint density at radius 1 is 0.950 bits per heavy atom. The number of hydrogen-bond acceptors (Lipinski definition) is 4. The molecule has 210 valence electrons. The molecular formula is C33H38ClN3O3. The molecule has 0 bridgehead atoms. The summed E-state index contributed by atoms with van der Waals surface area (Å²) < 4.78 is 5.45. The zero-order valence-corrected chi connectivity index (χ0v) is 24.1. The lowest BCUT2D eigenvalue weighted by Gasteiger charge is -2.37. The average Bonchev–Trinajstić information content (AvgIpc) is 3.00. The van der Waals surface area contributed by atoms with E-state index in [1.54, 1.807) is 19.2 Å². The number of rotatable bonds is 11. The number of ether oxygens (including phenoxy) is 1. The quantitative estimate of drug-likeness (QED) is 0.296. The highest BCUT2D eigenvalue weighted by Gasteiger charge is 2.28. The van der Waals surface area contributed by atoms with Crippen LogP contribution in [0.1, 0.15) is 40.7 Å². The van der Waals surface area contributed by atoms with E-state index in [0.29, 0.717) is 36.8 Å². The predicted molar refractivity (Wildman–Crippen MR) is 162 cm³/mol. The Morgan fingerprint density at radius 2 is 1.62 bits per heavy atom. The van der Waals surface area contributed by atoms with E-state index < -0.39 is 0 Å². The third-order valence-electron chi connectivity index (χ3n) is 7.43. The Hall–Kier alpha value is -3.61. The van der Waals surface area contributed by atoms with Gasteiger partial charge < -0.3 is 14.5 Å². The van der Waals surface area contributed by atoms with Crippen molar-refractivity contribution in [2.45, 2.75) is 19.3 Å². The number of hydrogen-bond donors (Lipinski definition) is 0. The number of piperazine rings is 1. The van der Waals surface area contributed by atoms with Gasteiger partial charge in [0, 0.05) is 51.4 Å². The molecule has 2 amide bonds. The monoisotopic (exact) mass is 559 g/mol. The Labute approximate surface area is 242 Å². The lowest BCUT2D eigenvalue weighted by atomic mass is 9.95. The van der Waals surface area contributed by atoms with Crippen LogP contribution in [0, 0.1) is 0 Å². The van der Waals surface area contributed by atoms with Crippen LogP contribution in [0.5, 0.6) is 5.75 Å². The number of amides is 2. The molecule has 0 aliphatic carbocycles. The maximum Gasteiger partial charge on any atom is 0.255 e. The Morgan fingerprint density at radius 3 is 2.33 bits per heavy atom. The highest BCUT2D eigenvalue weighted by atomic mass is 35.5. The fraction of sp³-hybridized carbons (Fsp3) is 0.333. The maximum absolute atomic E-state index is 13.5. The van der Waals surface area contributed by atoms with Crippen molar-refractivity contribution < 1.29 is 14.3 Å². The number of carbonyl (C=O) groups excluding carboxylic acids is 2. The van der Waals surface area contributed by atoms with Gasteiger partial charge in [0.15, 0.2) is 0 Å². The lowest BCUT2D eigenvalue weighted by molar-refractivity contribution is -0.134. The summed E-state index contributed by atoms with van der Waals surface area (Å²) in [7, 11) is 1.65. The second kappa shape index (κ2) is 14.7. The van der Waals surface area contributed by atoms with E-state index in [1.165, 1.54) is 0 Å². The molecule has 1 atom stereocenters. The van der Waals surface area contributed by atoms with Crippen molar-refractivity contribution in [2.24, 2.45) is 0 Å². The minimum absolute atomic E-state index is 0.0993. The number of halogens is 1. The van der Waals surface area contributed by atoms with E-state index in [0.717, 1.165) is 42.9 Å². The third-order valence-corrected chi connectivity index (χ3v) is 7.76. The molecule has 7 heteroatoms. The van der Waals surface area contributed by atoms with Crippen molar-refractivity contribution in [1.82, 2.24) is 14.7 Å². The van der Waals surface area contributed by atoms with E-state index in [1.807, 2.05) is 88.7 Å². The topological polar surface area (TPSA) is 53.1 Å². The summed E-state index contributed by atoms with van der Waals surface area (Å²) in [5.74, 6) is 0.780. The van der Waals surface area contributed by atoms with E-state index in [-0.39, 0.29) is 17.7 Å². The first-order valence-electron chi connectivity index (χ1n) is 13.9. The van der Waals surface area contributed by atoms with Crippen molar-refractivity contribution >= 4 is 29.5 Å². The summed E-state index contributed by atoms with van der Waals surface area (Å²) in [6.45, 7) is 6.72. The number of carbonyl (C=O) groups is 2. The summed E-state index contributed by atoms with van der Waals surface area (Å²) >= 11 is 6.38. The zero-order valence-electron chi connectivity index (χ0n) is 23.3. The SMILES string of the molecule is CCC(C(=O)N1CCN(CCN(CC=Cc2ccccc2OC)C(=O)c2ccccc2Cl)CC1)c1ccccc1. The first-order valence-corrected chi connectivity index (χ1v) is 14.3. The van der Waals surface area contributed by atoms with Crippen LogP contribution in [0.2, 0.25) is 5.02 Å². The molecule has 1 fully saturated rings. The van der Waals surface area contributed by atoms with E-state index >= 15 is 0 Å². The van der Waals surface area contributed by atoms with Gasteiger partial charge in [-0.15, -0.1) is 0 Å². The van der Waals surface area contributed by atoms with Gasteiger partial charge in [0.2, 0.25) is 5.91 Å². The predicted octanol–water partition coefficient (Wildman–Crippen LogP) is 5.84. The molecule has 3 aromatic rings. The number of methoxy groups -OCH3 is 1. The Kier molecular flexibility index (Phi) is 10.8. The fourth-order valence-electron chi connectivity index (χ4n) is 5.10. The second-order valence-corrected chi connectivity index (χ2v) is 10.3. The van der Waals surface area contributed by atoms with Gasteiger partial charge in [0.1, 0.15) is 5.75 Å². The van der Waals surface area contributed by atoms with E-state index in [9.17, 15) is 9.59 Å². The minimum atomic E-state index is -0.105. The van der Waals surface area contributed by atoms with Gasteiger partial charge in [-0.1, -0.05) is 91.3 Å². The van der Waals surface area contributed by atoms with Crippen LogP contribution in [0.25, 0.3) is 6.08 Å². The molecule has 1 unspecified atom stereocenters. The molecular weight excluding hydrogens is 522 g/mol. The van der Waals surface area contributed by atoms with Crippen molar-refractivity contribution in [3.63, 3.8) is 0 Å². The van der Waals surface area contributed by atoms with Crippen molar-refractivity contribution in [2.75, 3.05) is 52.9 Å². The summed E-state index contributed by atoms with van der Waals surface area (Å²) in [6, 6.07) is 25.0. The summed E-state index contributed by atoms with van der Waals surface area (Å²) in [5.41, 5.74) is 2.53. The van der Waals surface area contributed by atoms with Gasteiger partial charge in [0.25, 0.3) is 5.91 Å². The molecule has 3 aromatic carbocycles. The Balaban J connectivity index is 1.38. The van der Waals surface area contributed by atoms with Crippen molar-refractivity contribution in [3.8, 4) is 5.75 Å². The first-order chi connectivity index (χ1) is 19.5. The lowest BCUT2D eigenvalue weighted by Crippen LogP contribution is -2.51. The number of nitrogens with zero attached hydrogens (tertiary/aromatic N) is 3. The van der Waals surface area contributed by atoms with Crippen molar-refractivity contribution in [3.05, 3.63) is 107 Å². The molecule has 1 saturated heterocycles. The molecule has 6 nitrogen and oxygen atoms in total. The smallest absolute Gasteiger partial charge is 0.255 e. The normalized spacial score (nSPS) is 14.7. The second-order valence-electron chi connectivity index (χ2n) is 9.91. The van der Waals surface area contributed by atoms with Gasteiger partial charge in [-0.05, 0) is 30.2 Å².